The molecule has 1 aliphatic heterocycles. The van der Waals surface area contributed by atoms with Crippen LogP contribution in [0.25, 0.3) is 11.3 Å². The quantitative estimate of drug-likeness (QED) is 0.664. The largest absolute Gasteiger partial charge is 0.451 e. The van der Waals surface area contributed by atoms with E-state index in [1.54, 1.807) is 24.3 Å². The minimum Gasteiger partial charge on any atom is -0.451 e. The molecule has 0 spiro atoms. The Labute approximate surface area is 175 Å². The van der Waals surface area contributed by atoms with E-state index in [0.29, 0.717) is 25.5 Å². The van der Waals surface area contributed by atoms with Crippen LogP contribution in [0.1, 0.15) is 27.7 Å². The van der Waals surface area contributed by atoms with Gasteiger partial charge in [0.25, 0.3) is 5.91 Å². The molecule has 1 aliphatic rings. The molecular formula is C24H25FN2O3. The molecule has 6 heteroatoms. The average molecular weight is 408 g/mol. The molecule has 2 heterocycles. The first kappa shape index (κ1) is 20.3. The summed E-state index contributed by atoms with van der Waals surface area (Å²) < 4.78 is 24.3. The number of nitrogens with zero attached hydrogens (tertiary/aromatic N) is 1. The lowest BCUT2D eigenvalue weighted by molar-refractivity contribution is 0.0331. The average Bonchev–Trinajstić information content (AvgIpc) is 3.25. The maximum absolute atomic E-state index is 13.2. The molecule has 1 saturated heterocycles. The van der Waals surface area contributed by atoms with Gasteiger partial charge >= 0.3 is 0 Å². The number of amides is 1. The molecule has 2 aromatic carbocycles. The number of ether oxygens (including phenoxy) is 1. The number of aryl methyl sites for hydroxylation is 1. The maximum atomic E-state index is 13.2. The van der Waals surface area contributed by atoms with Crippen molar-refractivity contribution in [2.75, 3.05) is 32.8 Å². The predicted molar refractivity (Wildman–Crippen MR) is 113 cm³/mol. The molecule has 0 radical (unpaired) electrons. The second kappa shape index (κ2) is 9.24. The molecule has 5 nitrogen and oxygen atoms in total. The molecule has 156 valence electrons. The van der Waals surface area contributed by atoms with Gasteiger partial charge in [-0.25, -0.2) is 4.39 Å². The molecule has 3 aromatic rings. The minimum atomic E-state index is -0.313. The smallest absolute Gasteiger partial charge is 0.287 e. The second-order valence-corrected chi connectivity index (χ2v) is 7.52. The van der Waals surface area contributed by atoms with Gasteiger partial charge in [-0.15, -0.1) is 0 Å². The molecular weight excluding hydrogens is 383 g/mol. The first-order chi connectivity index (χ1) is 14.6. The van der Waals surface area contributed by atoms with Crippen molar-refractivity contribution in [3.8, 4) is 11.3 Å². The standard InChI is InChI=1S/C24H25FN2O3/c1-17-2-4-18(5-3-17)21(16-27-12-14-29-15-13-27)26-24(28)23-11-10-22(30-23)19-6-8-20(25)9-7-19/h2-11,21H,12-16H2,1H3,(H,26,28). The van der Waals surface area contributed by atoms with Gasteiger partial charge in [0.1, 0.15) is 11.6 Å². The van der Waals surface area contributed by atoms with Crippen LogP contribution < -0.4 is 5.32 Å². The van der Waals surface area contributed by atoms with Gasteiger partial charge in [-0.2, -0.15) is 0 Å². The molecule has 0 saturated carbocycles. The Morgan fingerprint density at radius 3 is 2.43 bits per heavy atom. The van der Waals surface area contributed by atoms with Crippen LogP contribution in [0.15, 0.2) is 65.1 Å². The fourth-order valence-corrected chi connectivity index (χ4v) is 3.53. The van der Waals surface area contributed by atoms with Gasteiger partial charge in [0.2, 0.25) is 0 Å². The van der Waals surface area contributed by atoms with Gasteiger partial charge in [0, 0.05) is 25.2 Å². The summed E-state index contributed by atoms with van der Waals surface area (Å²) in [4.78, 5) is 15.2. The van der Waals surface area contributed by atoms with Crippen molar-refractivity contribution >= 4 is 5.91 Å². The normalized spacial score (nSPS) is 15.7. The molecule has 4 rings (SSSR count). The Bertz CT molecular complexity index is 976. The third kappa shape index (κ3) is 4.96. The van der Waals surface area contributed by atoms with Crippen LogP contribution in [0.3, 0.4) is 0 Å². The van der Waals surface area contributed by atoms with E-state index in [0.717, 1.165) is 24.2 Å². The summed E-state index contributed by atoms with van der Waals surface area (Å²) in [6.07, 6.45) is 0. The fourth-order valence-electron chi connectivity index (χ4n) is 3.53. The molecule has 1 fully saturated rings. The highest BCUT2D eigenvalue weighted by atomic mass is 19.1. The molecule has 0 bridgehead atoms. The molecule has 1 amide bonds. The zero-order chi connectivity index (χ0) is 20.9. The molecule has 30 heavy (non-hydrogen) atoms. The summed E-state index contributed by atoms with van der Waals surface area (Å²) in [5.74, 6) is 0.170. The van der Waals surface area contributed by atoms with E-state index in [2.05, 4.69) is 10.2 Å². The minimum absolute atomic E-state index is 0.171. The van der Waals surface area contributed by atoms with Gasteiger partial charge in [-0.05, 0) is 48.9 Å². The molecule has 1 aromatic heterocycles. The summed E-state index contributed by atoms with van der Waals surface area (Å²) in [6, 6.07) is 17.4. The summed E-state index contributed by atoms with van der Waals surface area (Å²) in [5, 5.41) is 3.12. The lowest BCUT2D eigenvalue weighted by atomic mass is 10.0. The Morgan fingerprint density at radius 2 is 1.73 bits per heavy atom. The van der Waals surface area contributed by atoms with E-state index in [1.165, 1.54) is 17.7 Å². The third-order valence-electron chi connectivity index (χ3n) is 5.29. The van der Waals surface area contributed by atoms with Crippen LogP contribution in [0.2, 0.25) is 0 Å². The third-order valence-corrected chi connectivity index (χ3v) is 5.29. The lowest BCUT2D eigenvalue weighted by Crippen LogP contribution is -2.43. The van der Waals surface area contributed by atoms with Crippen LogP contribution in [0.5, 0.6) is 0 Å². The van der Waals surface area contributed by atoms with Crippen LogP contribution in [-0.2, 0) is 4.74 Å². The Morgan fingerprint density at radius 1 is 1.03 bits per heavy atom. The molecule has 1 atom stereocenters. The zero-order valence-corrected chi connectivity index (χ0v) is 16.9. The number of hydrogen-bond donors (Lipinski definition) is 1. The zero-order valence-electron chi connectivity index (χ0n) is 16.9. The van der Waals surface area contributed by atoms with Crippen LogP contribution in [-0.4, -0.2) is 43.7 Å². The van der Waals surface area contributed by atoms with Gasteiger partial charge in [-0.1, -0.05) is 29.8 Å². The Balaban J connectivity index is 1.50. The van der Waals surface area contributed by atoms with Gasteiger partial charge in [0.05, 0.1) is 19.3 Å². The number of furan rings is 1. The number of halogens is 1. The SMILES string of the molecule is Cc1ccc(C(CN2CCOCC2)NC(=O)c2ccc(-c3ccc(F)cc3)o2)cc1. The number of hydrogen-bond acceptors (Lipinski definition) is 4. The summed E-state index contributed by atoms with van der Waals surface area (Å²) in [6.45, 7) is 5.83. The highest BCUT2D eigenvalue weighted by Crippen LogP contribution is 2.23. The number of morpholine rings is 1. The number of carbonyl (C=O) groups is 1. The van der Waals surface area contributed by atoms with E-state index in [4.69, 9.17) is 9.15 Å². The lowest BCUT2D eigenvalue weighted by Gasteiger charge is -2.31. The predicted octanol–water partition coefficient (Wildman–Crippen LogP) is 4.20. The van der Waals surface area contributed by atoms with Crippen LogP contribution in [0, 0.1) is 12.7 Å². The Hall–Kier alpha value is -2.96. The summed E-state index contributed by atoms with van der Waals surface area (Å²) in [7, 11) is 0. The van der Waals surface area contributed by atoms with Crippen molar-refractivity contribution < 1.29 is 18.3 Å². The van der Waals surface area contributed by atoms with E-state index in [9.17, 15) is 9.18 Å². The van der Waals surface area contributed by atoms with E-state index >= 15 is 0 Å². The van der Waals surface area contributed by atoms with Crippen molar-refractivity contribution in [1.29, 1.82) is 0 Å². The monoisotopic (exact) mass is 408 g/mol. The summed E-state index contributed by atoms with van der Waals surface area (Å²) in [5.41, 5.74) is 2.94. The highest BCUT2D eigenvalue weighted by molar-refractivity contribution is 5.92. The van der Waals surface area contributed by atoms with Crippen LogP contribution >= 0.6 is 0 Å². The van der Waals surface area contributed by atoms with Crippen molar-refractivity contribution in [3.05, 3.63) is 83.4 Å². The first-order valence-electron chi connectivity index (χ1n) is 10.1. The van der Waals surface area contributed by atoms with Crippen molar-refractivity contribution in [2.24, 2.45) is 0 Å². The first-order valence-corrected chi connectivity index (χ1v) is 10.1. The van der Waals surface area contributed by atoms with Crippen molar-refractivity contribution in [1.82, 2.24) is 10.2 Å². The fraction of sp³-hybridized carbons (Fsp3) is 0.292. The number of nitrogens with one attached hydrogen (secondary N) is 1. The number of rotatable bonds is 6. The molecule has 1 unspecified atom stereocenters. The topological polar surface area (TPSA) is 54.7 Å². The van der Waals surface area contributed by atoms with E-state index in [1.807, 2.05) is 31.2 Å². The van der Waals surface area contributed by atoms with Gasteiger partial charge < -0.3 is 14.5 Å². The van der Waals surface area contributed by atoms with Gasteiger partial charge in [-0.3, -0.25) is 9.69 Å². The second-order valence-electron chi connectivity index (χ2n) is 7.52. The molecule has 0 aliphatic carbocycles. The van der Waals surface area contributed by atoms with Gasteiger partial charge in [0.15, 0.2) is 5.76 Å². The summed E-state index contributed by atoms with van der Waals surface area (Å²) >= 11 is 0. The highest BCUT2D eigenvalue weighted by Gasteiger charge is 2.22. The number of carbonyl (C=O) groups excluding carboxylic acids is 1. The van der Waals surface area contributed by atoms with E-state index in [-0.39, 0.29) is 23.5 Å². The van der Waals surface area contributed by atoms with Crippen molar-refractivity contribution in [2.45, 2.75) is 13.0 Å². The Kier molecular flexibility index (Phi) is 6.26. The molecule has 1 N–H and O–H groups in total. The van der Waals surface area contributed by atoms with E-state index < -0.39 is 0 Å². The van der Waals surface area contributed by atoms with Crippen LogP contribution in [0.4, 0.5) is 4.39 Å². The number of benzene rings is 2. The van der Waals surface area contributed by atoms with Crippen molar-refractivity contribution in [3.63, 3.8) is 0 Å². The maximum Gasteiger partial charge on any atom is 0.287 e.